The number of nitrogens with one attached hydrogen (secondary N) is 1. The Balaban J connectivity index is 2.07. The van der Waals surface area contributed by atoms with E-state index < -0.39 is 0 Å². The Hall–Kier alpha value is -2.74. The van der Waals surface area contributed by atoms with Gasteiger partial charge in [0.1, 0.15) is 5.82 Å². The lowest BCUT2D eigenvalue weighted by atomic mass is 10.2. The van der Waals surface area contributed by atoms with Crippen molar-refractivity contribution < 1.29 is 13.9 Å². The molecule has 0 aliphatic rings. The van der Waals surface area contributed by atoms with Crippen LogP contribution in [-0.4, -0.2) is 34.7 Å². The number of aromatic nitrogens is 3. The molecule has 0 fully saturated rings. The third-order valence-electron chi connectivity index (χ3n) is 3.47. The van der Waals surface area contributed by atoms with Crippen molar-refractivity contribution in [2.75, 3.05) is 14.2 Å². The first-order chi connectivity index (χ1) is 11.5. The van der Waals surface area contributed by atoms with Crippen molar-refractivity contribution in [1.29, 1.82) is 0 Å². The van der Waals surface area contributed by atoms with E-state index in [0.717, 1.165) is 16.1 Å². The number of nitrogens with zero attached hydrogens (tertiary/aromatic N) is 3. The molecule has 2 aromatic heterocycles. The van der Waals surface area contributed by atoms with Gasteiger partial charge in [-0.2, -0.15) is 4.98 Å². The van der Waals surface area contributed by atoms with E-state index in [1.807, 2.05) is 6.92 Å². The fourth-order valence-corrected chi connectivity index (χ4v) is 3.34. The molecule has 24 heavy (non-hydrogen) atoms. The summed E-state index contributed by atoms with van der Waals surface area (Å²) in [6, 6.07) is 6.00. The summed E-state index contributed by atoms with van der Waals surface area (Å²) < 4.78 is 19.7. The Bertz CT molecular complexity index is 928. The van der Waals surface area contributed by atoms with Crippen molar-refractivity contribution in [1.82, 2.24) is 19.9 Å². The van der Waals surface area contributed by atoms with E-state index in [-0.39, 0.29) is 11.7 Å². The molecule has 0 saturated heterocycles. The number of aryl methyl sites for hydroxylation is 1. The largest absolute Gasteiger partial charge is 0.503 e. The minimum atomic E-state index is -0.307. The zero-order chi connectivity index (χ0) is 17.3. The van der Waals surface area contributed by atoms with E-state index in [9.17, 15) is 9.18 Å². The molecule has 0 aliphatic carbocycles. The summed E-state index contributed by atoms with van der Waals surface area (Å²) in [6.07, 6.45) is 1.40. The third-order valence-corrected chi connectivity index (χ3v) is 4.64. The molecule has 6 nitrogen and oxygen atoms in total. The number of ether oxygens (including phenoxy) is 1. The van der Waals surface area contributed by atoms with Crippen molar-refractivity contribution in [3.8, 4) is 11.4 Å². The average Bonchev–Trinajstić information content (AvgIpc) is 3.12. The lowest BCUT2D eigenvalue weighted by Crippen LogP contribution is -2.19. The van der Waals surface area contributed by atoms with Gasteiger partial charge >= 0.3 is 0 Å². The average molecular weight is 346 g/mol. The topological polar surface area (TPSA) is 68.5 Å². The first-order valence-corrected chi connectivity index (χ1v) is 7.94. The molecule has 0 spiro atoms. The number of halogens is 1. The quantitative estimate of drug-likeness (QED) is 0.582. The smallest absolute Gasteiger partial charge is 0.255 e. The maximum atomic E-state index is 13.0. The summed E-state index contributed by atoms with van der Waals surface area (Å²) in [4.78, 5) is 17.9. The number of likely N-dealkylation sites (N-methyl/N-ethyl adjacent to an activating group) is 1. The fraction of sp³-hybridized carbons (Fsp3) is 0.188. The zero-order valence-corrected chi connectivity index (χ0v) is 14.1. The summed E-state index contributed by atoms with van der Waals surface area (Å²) in [5.41, 5.74) is 1.92. The van der Waals surface area contributed by atoms with Crippen LogP contribution in [0.1, 0.15) is 10.6 Å². The Morgan fingerprint density at radius 3 is 2.67 bits per heavy atom. The molecule has 1 amide bonds. The number of fused-ring (bicyclic) bond motifs is 1. The SMILES string of the molecule is CNC(=O)C(=COC)c1sc2nc(-c3ccc(F)cc3)nn2c1C. The number of rotatable bonds is 4. The van der Waals surface area contributed by atoms with E-state index >= 15 is 0 Å². The number of carbonyl (C=O) groups excluding carboxylic acids is 1. The summed E-state index contributed by atoms with van der Waals surface area (Å²) in [5.74, 6) is -0.0468. The number of carbonyl (C=O) groups is 1. The van der Waals surface area contributed by atoms with Crippen LogP contribution >= 0.6 is 11.3 Å². The van der Waals surface area contributed by atoms with E-state index in [1.165, 1.54) is 36.8 Å². The van der Waals surface area contributed by atoms with Crippen LogP contribution in [0.3, 0.4) is 0 Å². The van der Waals surface area contributed by atoms with Gasteiger partial charge in [-0.05, 0) is 31.2 Å². The van der Waals surface area contributed by atoms with E-state index in [4.69, 9.17) is 4.74 Å². The van der Waals surface area contributed by atoms with Crippen molar-refractivity contribution in [2.24, 2.45) is 0 Å². The van der Waals surface area contributed by atoms with Crippen molar-refractivity contribution in [3.63, 3.8) is 0 Å². The van der Waals surface area contributed by atoms with E-state index in [1.54, 1.807) is 23.7 Å². The predicted molar refractivity (Wildman–Crippen MR) is 90.0 cm³/mol. The van der Waals surface area contributed by atoms with Gasteiger partial charge in [0.25, 0.3) is 5.91 Å². The highest BCUT2D eigenvalue weighted by atomic mass is 32.1. The number of methoxy groups -OCH3 is 1. The van der Waals surface area contributed by atoms with Gasteiger partial charge in [0, 0.05) is 12.6 Å². The van der Waals surface area contributed by atoms with Gasteiger partial charge in [-0.3, -0.25) is 4.79 Å². The molecule has 0 aliphatic heterocycles. The lowest BCUT2D eigenvalue weighted by molar-refractivity contribution is -0.115. The number of hydrogen-bond acceptors (Lipinski definition) is 5. The predicted octanol–water partition coefficient (Wildman–Crippen LogP) is 2.64. The van der Waals surface area contributed by atoms with Crippen LogP contribution in [0.25, 0.3) is 21.9 Å². The standard InChI is InChI=1S/C16H15FN4O2S/c1-9-13(12(8-23-3)15(22)18-2)24-16-19-14(20-21(9)16)10-4-6-11(17)7-5-10/h4-8H,1-3H3,(H,18,22). The van der Waals surface area contributed by atoms with E-state index in [2.05, 4.69) is 15.4 Å². The minimum absolute atomic E-state index is 0.247. The van der Waals surface area contributed by atoms with Crippen LogP contribution < -0.4 is 5.32 Å². The van der Waals surface area contributed by atoms with Crippen LogP contribution in [0.2, 0.25) is 0 Å². The van der Waals surface area contributed by atoms with Gasteiger partial charge < -0.3 is 10.1 Å². The summed E-state index contributed by atoms with van der Waals surface area (Å²) in [7, 11) is 3.05. The maximum Gasteiger partial charge on any atom is 0.255 e. The first-order valence-electron chi connectivity index (χ1n) is 7.12. The normalized spacial score (nSPS) is 11.8. The van der Waals surface area contributed by atoms with E-state index in [0.29, 0.717) is 16.4 Å². The van der Waals surface area contributed by atoms with Gasteiger partial charge in [0.2, 0.25) is 4.96 Å². The minimum Gasteiger partial charge on any atom is -0.503 e. The molecule has 3 aromatic rings. The Morgan fingerprint density at radius 1 is 1.38 bits per heavy atom. The molecule has 1 N–H and O–H groups in total. The van der Waals surface area contributed by atoms with Gasteiger partial charge in [-0.25, -0.2) is 8.91 Å². The molecule has 2 heterocycles. The van der Waals surface area contributed by atoms with Crippen LogP contribution in [0, 0.1) is 12.7 Å². The molecule has 8 heteroatoms. The number of hydrogen-bond donors (Lipinski definition) is 1. The molecule has 0 unspecified atom stereocenters. The van der Waals surface area contributed by atoms with Crippen molar-refractivity contribution in [3.05, 3.63) is 46.9 Å². The number of amides is 1. The maximum absolute atomic E-state index is 13.0. The van der Waals surface area contributed by atoms with Crippen LogP contribution in [0.5, 0.6) is 0 Å². The molecular weight excluding hydrogens is 331 g/mol. The van der Waals surface area contributed by atoms with Crippen LogP contribution in [0.4, 0.5) is 4.39 Å². The zero-order valence-electron chi connectivity index (χ0n) is 13.3. The summed E-state index contributed by atoms with van der Waals surface area (Å²) in [6.45, 7) is 1.86. The van der Waals surface area contributed by atoms with Crippen molar-refractivity contribution in [2.45, 2.75) is 6.92 Å². The second kappa shape index (κ2) is 6.40. The highest BCUT2D eigenvalue weighted by molar-refractivity contribution is 7.18. The monoisotopic (exact) mass is 346 g/mol. The van der Waals surface area contributed by atoms with Gasteiger partial charge in [0.05, 0.1) is 29.5 Å². The van der Waals surface area contributed by atoms with Crippen molar-refractivity contribution >= 4 is 27.8 Å². The van der Waals surface area contributed by atoms with Crippen LogP contribution in [-0.2, 0) is 9.53 Å². The second-order valence-electron chi connectivity index (χ2n) is 5.00. The molecule has 0 radical (unpaired) electrons. The molecule has 0 atom stereocenters. The Labute approximate surface area is 141 Å². The van der Waals surface area contributed by atoms with Gasteiger partial charge in [-0.15, -0.1) is 5.10 Å². The summed E-state index contributed by atoms with van der Waals surface area (Å²) in [5, 5.41) is 7.04. The molecule has 0 saturated carbocycles. The molecule has 3 rings (SSSR count). The molecule has 1 aromatic carbocycles. The highest BCUT2D eigenvalue weighted by Crippen LogP contribution is 2.30. The molecule has 0 bridgehead atoms. The Kier molecular flexibility index (Phi) is 4.30. The fourth-order valence-electron chi connectivity index (χ4n) is 2.28. The number of benzene rings is 1. The molecule has 124 valence electrons. The molecular formula is C16H15FN4O2S. The highest BCUT2D eigenvalue weighted by Gasteiger charge is 2.21. The summed E-state index contributed by atoms with van der Waals surface area (Å²) >= 11 is 1.34. The van der Waals surface area contributed by atoms with Gasteiger partial charge in [-0.1, -0.05) is 11.3 Å². The lowest BCUT2D eigenvalue weighted by Gasteiger charge is -2.04. The first kappa shape index (κ1) is 16.1. The number of thiazole rings is 1. The Morgan fingerprint density at radius 2 is 2.08 bits per heavy atom. The third kappa shape index (κ3) is 2.76. The van der Waals surface area contributed by atoms with Gasteiger partial charge in [0.15, 0.2) is 5.82 Å². The van der Waals surface area contributed by atoms with Crippen LogP contribution in [0.15, 0.2) is 30.5 Å². The second-order valence-corrected chi connectivity index (χ2v) is 5.98.